The minimum atomic E-state index is -1.13. The highest BCUT2D eigenvalue weighted by atomic mass is 16.8. The average molecular weight is 932 g/mol. The molecule has 8 rings (SSSR count). The number of aliphatic hydroxyl groups is 1. The minimum Gasteiger partial charge on any atom is -0.459 e. The second-order valence-electron chi connectivity index (χ2n) is 23.7. The predicted molar refractivity (Wildman–Crippen MR) is 267 cm³/mol. The van der Waals surface area contributed by atoms with E-state index >= 15 is 0 Å². The molecule has 0 aromatic carbocycles. The Morgan fingerprint density at radius 2 is 1.48 bits per heavy atom. The third-order valence-electron chi connectivity index (χ3n) is 18.4. The van der Waals surface area contributed by atoms with Crippen molar-refractivity contribution in [2.24, 2.45) is 34.1 Å². The van der Waals surface area contributed by atoms with E-state index in [0.717, 1.165) is 90.0 Å². The first-order chi connectivity index (χ1) is 32.2. The van der Waals surface area contributed by atoms with E-state index in [-0.39, 0.29) is 41.5 Å². The molecule has 1 aliphatic carbocycles. The molecule has 9 heteroatoms. The Labute approximate surface area is 406 Å². The smallest absolute Gasteiger partial charge is 0.306 e. The van der Waals surface area contributed by atoms with Gasteiger partial charge in [0, 0.05) is 68.0 Å². The summed E-state index contributed by atoms with van der Waals surface area (Å²) in [5, 5.41) is 11.9. The molecule has 9 nitrogen and oxygen atoms in total. The second-order valence-corrected chi connectivity index (χ2v) is 23.7. The fourth-order valence-electron chi connectivity index (χ4n) is 14.2. The zero-order chi connectivity index (χ0) is 47.3. The highest BCUT2D eigenvalue weighted by Crippen LogP contribution is 2.59. The number of hydrogen-bond acceptors (Lipinski definition) is 9. The molecule has 0 unspecified atom stereocenters. The molecule has 67 heavy (non-hydrogen) atoms. The third kappa shape index (κ3) is 11.6. The van der Waals surface area contributed by atoms with Gasteiger partial charge in [-0.3, -0.25) is 9.79 Å². The molecule has 378 valence electrons. The lowest BCUT2D eigenvalue weighted by Crippen LogP contribution is -2.60. The van der Waals surface area contributed by atoms with Gasteiger partial charge in [0.05, 0.1) is 18.3 Å². The largest absolute Gasteiger partial charge is 0.459 e. The molecule has 6 saturated heterocycles. The standard InChI is InChI=1S/C58H93NO8/c1-8-10-11-12-13-14-15-16-17-18-19-20-21-27-50(60)62-51-43(5)38-57-39-47-25-23-30-56(63-47)33-34-58(67-56)54(7,61)31-29-46(64-58)35-41(3)24-22-26-49-55(37-42(4)44(6)40-59-49)32-28-45(9-2)36-48(55)52(65-57)53(51)66-57/h9,36,42-44,46-48,51-53,61H,2-3,8,10-35,37-40H2,1,4-7H3/t42-,43+,44-,46-,47+,48+,51+,52-,53-,54+,55+,56+,57+,58+/m0/s1. The molecule has 0 aromatic heterocycles. The summed E-state index contributed by atoms with van der Waals surface area (Å²) in [6, 6.07) is 0. The minimum absolute atomic E-state index is 0.0260. The van der Waals surface area contributed by atoms with Crippen LogP contribution in [-0.4, -0.2) is 76.8 Å². The number of aliphatic imine (C=N–C) groups is 1. The summed E-state index contributed by atoms with van der Waals surface area (Å²) in [4.78, 5) is 19.5. The Morgan fingerprint density at radius 1 is 0.761 bits per heavy atom. The lowest BCUT2D eigenvalue weighted by Gasteiger charge is -2.50. The van der Waals surface area contributed by atoms with Crippen molar-refractivity contribution in [3.63, 3.8) is 0 Å². The van der Waals surface area contributed by atoms with Gasteiger partial charge in [0.1, 0.15) is 17.8 Å². The topological polar surface area (TPSA) is 105 Å². The van der Waals surface area contributed by atoms with Gasteiger partial charge in [-0.2, -0.15) is 0 Å². The van der Waals surface area contributed by atoms with Gasteiger partial charge < -0.3 is 33.5 Å². The van der Waals surface area contributed by atoms with Crippen LogP contribution in [0, 0.1) is 29.1 Å². The number of rotatable bonds is 16. The quantitative estimate of drug-likeness (QED) is 0.0927. The van der Waals surface area contributed by atoms with Crippen molar-refractivity contribution in [1.29, 1.82) is 0 Å². The maximum absolute atomic E-state index is 13.9. The van der Waals surface area contributed by atoms with Crippen LogP contribution in [0.2, 0.25) is 0 Å². The second kappa shape index (κ2) is 22.3. The van der Waals surface area contributed by atoms with Gasteiger partial charge in [-0.1, -0.05) is 141 Å². The SMILES string of the molecule is C=CC1=C[C@@H]2[C@@H]3O[C@]4(C[C@H]5CCC[C@@]6(CC[C@@]7(O[C@@H](CC[C@@]7(C)O)CC(=C)CCCC7=NC[C@H](C)[C@@H](C)C[C@@]72CC1)O6)O5)C[C@@H](C)[C@@H](OC(=O)CCCCCCCCCCCCCCC)[C@@H]3O4. The molecule has 0 amide bonds. The molecule has 0 aromatic rings. The lowest BCUT2D eigenvalue weighted by atomic mass is 9.57. The van der Waals surface area contributed by atoms with E-state index in [4.69, 9.17) is 33.4 Å². The molecule has 8 aliphatic rings. The summed E-state index contributed by atoms with van der Waals surface area (Å²) in [5.41, 5.74) is 2.38. The highest BCUT2D eigenvalue weighted by molar-refractivity contribution is 5.91. The Hall–Kier alpha value is -1.88. The predicted octanol–water partition coefficient (Wildman–Crippen LogP) is 13.7. The highest BCUT2D eigenvalue weighted by Gasteiger charge is 2.66. The van der Waals surface area contributed by atoms with Crippen LogP contribution < -0.4 is 0 Å². The average Bonchev–Trinajstić information content (AvgIpc) is 3.77. The van der Waals surface area contributed by atoms with E-state index in [9.17, 15) is 9.90 Å². The summed E-state index contributed by atoms with van der Waals surface area (Å²) >= 11 is 0. The fourth-order valence-corrected chi connectivity index (χ4v) is 14.2. The zero-order valence-corrected chi connectivity index (χ0v) is 42.9. The van der Waals surface area contributed by atoms with Crippen molar-refractivity contribution in [2.75, 3.05) is 6.54 Å². The van der Waals surface area contributed by atoms with Crippen LogP contribution >= 0.6 is 0 Å². The number of nitrogens with zero attached hydrogens (tertiary/aromatic N) is 1. The van der Waals surface area contributed by atoms with Gasteiger partial charge in [0.2, 0.25) is 5.79 Å². The summed E-state index contributed by atoms with van der Waals surface area (Å²) in [6.45, 7) is 20.9. The van der Waals surface area contributed by atoms with E-state index in [2.05, 4.69) is 46.9 Å². The monoisotopic (exact) mass is 932 g/mol. The van der Waals surface area contributed by atoms with Gasteiger partial charge >= 0.3 is 5.97 Å². The van der Waals surface area contributed by atoms with Crippen molar-refractivity contribution in [3.8, 4) is 0 Å². The Morgan fingerprint density at radius 3 is 2.21 bits per heavy atom. The van der Waals surface area contributed by atoms with E-state index in [0.29, 0.717) is 50.4 Å². The van der Waals surface area contributed by atoms with Gasteiger partial charge in [-0.05, 0) is 95.8 Å². The van der Waals surface area contributed by atoms with Gasteiger partial charge in [-0.15, -0.1) is 0 Å². The van der Waals surface area contributed by atoms with Crippen LogP contribution in [0.4, 0.5) is 0 Å². The van der Waals surface area contributed by atoms with Crippen LogP contribution in [0.15, 0.2) is 41.4 Å². The first kappa shape index (κ1) is 51.5. The third-order valence-corrected chi connectivity index (χ3v) is 18.4. The number of carbonyl (C=O) groups excluding carboxylic acids is 1. The molecule has 7 bridgehead atoms. The summed E-state index contributed by atoms with van der Waals surface area (Å²) in [5.74, 6) is -2.07. The van der Waals surface area contributed by atoms with Crippen molar-refractivity contribution >= 4 is 11.7 Å². The first-order valence-electron chi connectivity index (χ1n) is 28.1. The van der Waals surface area contributed by atoms with E-state index < -0.39 is 35.2 Å². The summed E-state index contributed by atoms with van der Waals surface area (Å²) < 4.78 is 42.8. The van der Waals surface area contributed by atoms with Crippen molar-refractivity contribution in [2.45, 2.75) is 281 Å². The Kier molecular flexibility index (Phi) is 17.1. The van der Waals surface area contributed by atoms with Crippen LogP contribution in [0.5, 0.6) is 0 Å². The van der Waals surface area contributed by atoms with Crippen LogP contribution in [0.1, 0.15) is 227 Å². The first-order valence-corrected chi connectivity index (χ1v) is 28.1. The van der Waals surface area contributed by atoms with E-state index in [1.165, 1.54) is 87.5 Å². The summed E-state index contributed by atoms with van der Waals surface area (Å²) in [7, 11) is 0. The fraction of sp³-hybridized carbons (Fsp3) is 0.862. The lowest BCUT2D eigenvalue weighted by molar-refractivity contribution is -0.403. The number of carbonyl (C=O) groups is 1. The molecule has 7 aliphatic heterocycles. The summed E-state index contributed by atoms with van der Waals surface area (Å²) in [6.07, 6.45) is 32.9. The van der Waals surface area contributed by atoms with Crippen LogP contribution in [0.25, 0.3) is 0 Å². The van der Waals surface area contributed by atoms with Gasteiger partial charge in [0.15, 0.2) is 11.6 Å². The molecule has 0 saturated carbocycles. The number of hydrogen-bond donors (Lipinski definition) is 1. The number of allylic oxidation sites excluding steroid dienone is 2. The molecule has 14 atom stereocenters. The normalized spacial score (nSPS) is 42.2. The van der Waals surface area contributed by atoms with E-state index in [1.54, 1.807) is 0 Å². The van der Waals surface area contributed by atoms with Gasteiger partial charge in [-0.25, -0.2) is 0 Å². The van der Waals surface area contributed by atoms with Crippen molar-refractivity contribution in [1.82, 2.24) is 0 Å². The van der Waals surface area contributed by atoms with Gasteiger partial charge in [0.25, 0.3) is 0 Å². The Balaban J connectivity index is 1.03. The van der Waals surface area contributed by atoms with Crippen LogP contribution in [0.3, 0.4) is 0 Å². The zero-order valence-electron chi connectivity index (χ0n) is 42.9. The van der Waals surface area contributed by atoms with Crippen molar-refractivity contribution in [3.05, 3.63) is 36.5 Å². The molecule has 0 radical (unpaired) electrons. The molecule has 4 spiro atoms. The maximum Gasteiger partial charge on any atom is 0.306 e. The number of fused-ring (bicyclic) bond motifs is 6. The molecular weight excluding hydrogens is 839 g/mol. The molecular formula is C58H93NO8. The van der Waals surface area contributed by atoms with Crippen LogP contribution in [-0.2, 0) is 33.2 Å². The molecule has 6 fully saturated rings. The molecule has 1 N–H and O–H groups in total. The number of ether oxygens (including phenoxy) is 6. The van der Waals surface area contributed by atoms with E-state index in [1.807, 2.05) is 13.0 Å². The maximum atomic E-state index is 13.9. The number of esters is 1. The molecule has 7 heterocycles. The Bertz CT molecular complexity index is 1760. The van der Waals surface area contributed by atoms with Crippen molar-refractivity contribution < 1.29 is 38.3 Å². The number of unbranched alkanes of at least 4 members (excludes halogenated alkanes) is 12.